The number of nitrogens with zero attached hydrogens (tertiary/aromatic N) is 1. The molecule has 0 radical (unpaired) electrons. The average molecular weight is 432 g/mol. The molecule has 2 aromatic heterocycles. The summed E-state index contributed by atoms with van der Waals surface area (Å²) in [6.45, 7) is 0. The Morgan fingerprint density at radius 2 is 1.97 bits per heavy atom. The van der Waals surface area contributed by atoms with Gasteiger partial charge < -0.3 is 14.1 Å². The molecule has 2 heterocycles. The summed E-state index contributed by atoms with van der Waals surface area (Å²) in [6, 6.07) is 14.5. The number of carbonyl (C=O) groups is 1. The second-order valence-corrected chi connectivity index (χ2v) is 8.03. The summed E-state index contributed by atoms with van der Waals surface area (Å²) in [6.07, 6.45) is 0. The van der Waals surface area contributed by atoms with E-state index in [9.17, 15) is 13.2 Å². The van der Waals surface area contributed by atoms with Crippen molar-refractivity contribution in [3.63, 3.8) is 0 Å². The number of hydrogen-bond donors (Lipinski definition) is 2. The lowest BCUT2D eigenvalue weighted by molar-refractivity contribution is 0.0559. The Morgan fingerprint density at radius 1 is 1.17 bits per heavy atom. The maximum absolute atomic E-state index is 12.5. The standard InChI is InChI=1S/C19H14ClN3O5S/c1-27-19(24)16-8-9-17(28-16)29(25,26)23-11-6-7-14-15(10-11)22-18(21-14)12-4-2-3-5-13(12)20/h2-10,23H,1H3,(H,21,22). The van der Waals surface area contributed by atoms with Crippen molar-refractivity contribution in [3.05, 3.63) is 65.4 Å². The minimum atomic E-state index is -4.03. The van der Waals surface area contributed by atoms with Gasteiger partial charge in [0.1, 0.15) is 5.82 Å². The Morgan fingerprint density at radius 3 is 2.72 bits per heavy atom. The van der Waals surface area contributed by atoms with Gasteiger partial charge in [0.05, 0.1) is 28.9 Å². The van der Waals surface area contributed by atoms with Crippen molar-refractivity contribution in [2.24, 2.45) is 0 Å². The molecule has 8 nitrogen and oxygen atoms in total. The molecule has 148 valence electrons. The molecule has 2 N–H and O–H groups in total. The molecule has 0 fully saturated rings. The number of sulfonamides is 1. The molecule has 0 spiro atoms. The summed E-state index contributed by atoms with van der Waals surface area (Å²) in [4.78, 5) is 19.1. The molecule has 0 aliphatic heterocycles. The quantitative estimate of drug-likeness (QED) is 0.460. The number of fused-ring (bicyclic) bond motifs is 1. The van der Waals surface area contributed by atoms with Crippen LogP contribution in [0.15, 0.2) is 64.1 Å². The smallest absolute Gasteiger partial charge is 0.374 e. The molecule has 10 heteroatoms. The van der Waals surface area contributed by atoms with E-state index in [1.807, 2.05) is 18.2 Å². The minimum Gasteiger partial charge on any atom is -0.463 e. The molecule has 0 aliphatic carbocycles. The Hall–Kier alpha value is -3.30. The van der Waals surface area contributed by atoms with E-state index in [2.05, 4.69) is 19.4 Å². The molecule has 0 saturated heterocycles. The fourth-order valence-electron chi connectivity index (χ4n) is 2.73. The van der Waals surface area contributed by atoms with E-state index in [1.165, 1.54) is 19.2 Å². The Kier molecular flexibility index (Phi) is 4.77. The van der Waals surface area contributed by atoms with Gasteiger partial charge in [0.15, 0.2) is 0 Å². The monoisotopic (exact) mass is 431 g/mol. The molecular formula is C19H14ClN3O5S. The van der Waals surface area contributed by atoms with E-state index in [4.69, 9.17) is 16.0 Å². The lowest BCUT2D eigenvalue weighted by atomic mass is 10.2. The first-order valence-corrected chi connectivity index (χ1v) is 10.2. The van der Waals surface area contributed by atoms with Crippen LogP contribution in [0.1, 0.15) is 10.6 Å². The van der Waals surface area contributed by atoms with Crippen molar-refractivity contribution >= 4 is 44.3 Å². The van der Waals surface area contributed by atoms with Crippen LogP contribution in [0.3, 0.4) is 0 Å². The van der Waals surface area contributed by atoms with Crippen LogP contribution >= 0.6 is 11.6 Å². The summed E-state index contributed by atoms with van der Waals surface area (Å²) >= 11 is 6.21. The van der Waals surface area contributed by atoms with Crippen molar-refractivity contribution in [1.82, 2.24) is 9.97 Å². The van der Waals surface area contributed by atoms with Gasteiger partial charge in [-0.3, -0.25) is 4.72 Å². The highest BCUT2D eigenvalue weighted by atomic mass is 35.5. The topological polar surface area (TPSA) is 114 Å². The minimum absolute atomic E-state index is 0.207. The third-order valence-corrected chi connectivity index (χ3v) is 5.68. The van der Waals surface area contributed by atoms with E-state index in [-0.39, 0.29) is 5.76 Å². The number of esters is 1. The number of carbonyl (C=O) groups excluding carboxylic acids is 1. The molecule has 29 heavy (non-hydrogen) atoms. The zero-order chi connectivity index (χ0) is 20.6. The Bertz CT molecular complexity index is 1330. The summed E-state index contributed by atoms with van der Waals surface area (Å²) in [5.41, 5.74) is 2.30. The lowest BCUT2D eigenvalue weighted by Gasteiger charge is -2.05. The summed E-state index contributed by atoms with van der Waals surface area (Å²) < 4.78 is 37.1. The predicted molar refractivity (Wildman–Crippen MR) is 107 cm³/mol. The molecule has 4 aromatic rings. The first-order valence-electron chi connectivity index (χ1n) is 8.33. The van der Waals surface area contributed by atoms with Crippen LogP contribution in [-0.2, 0) is 14.8 Å². The highest BCUT2D eigenvalue weighted by Crippen LogP contribution is 2.28. The number of ether oxygens (including phenoxy) is 1. The molecule has 0 amide bonds. The van der Waals surface area contributed by atoms with Gasteiger partial charge in [0.2, 0.25) is 10.9 Å². The van der Waals surface area contributed by atoms with Crippen LogP contribution in [0.2, 0.25) is 5.02 Å². The maximum Gasteiger partial charge on any atom is 0.374 e. The average Bonchev–Trinajstić information content (AvgIpc) is 3.35. The lowest BCUT2D eigenvalue weighted by Crippen LogP contribution is -2.12. The number of furan rings is 1. The first kappa shape index (κ1) is 19.0. The number of benzene rings is 2. The van der Waals surface area contributed by atoms with Gasteiger partial charge >= 0.3 is 5.97 Å². The molecule has 0 aliphatic rings. The molecule has 0 bridgehead atoms. The van der Waals surface area contributed by atoms with Crippen molar-refractivity contribution in [1.29, 1.82) is 0 Å². The number of aromatic amines is 1. The van der Waals surface area contributed by atoms with Crippen LogP contribution in [0.5, 0.6) is 0 Å². The molecule has 0 unspecified atom stereocenters. The van der Waals surface area contributed by atoms with Crippen molar-refractivity contribution in [3.8, 4) is 11.4 Å². The van der Waals surface area contributed by atoms with Crippen molar-refractivity contribution in [2.75, 3.05) is 11.8 Å². The second kappa shape index (κ2) is 7.26. The van der Waals surface area contributed by atoms with Crippen LogP contribution in [0.4, 0.5) is 5.69 Å². The fourth-order valence-corrected chi connectivity index (χ4v) is 3.94. The Labute approximate surface area is 170 Å². The van der Waals surface area contributed by atoms with Crippen LogP contribution in [0.25, 0.3) is 22.4 Å². The van der Waals surface area contributed by atoms with Gasteiger partial charge in [0, 0.05) is 5.56 Å². The number of halogens is 1. The third-order valence-electron chi connectivity index (χ3n) is 4.10. The zero-order valence-electron chi connectivity index (χ0n) is 15.0. The number of methoxy groups -OCH3 is 1. The van der Waals surface area contributed by atoms with E-state index in [0.717, 1.165) is 5.56 Å². The molecule has 0 atom stereocenters. The largest absolute Gasteiger partial charge is 0.463 e. The summed E-state index contributed by atoms with van der Waals surface area (Å²) in [5, 5.41) is 0.145. The van der Waals surface area contributed by atoms with Gasteiger partial charge in [-0.25, -0.2) is 9.78 Å². The van der Waals surface area contributed by atoms with E-state index < -0.39 is 21.1 Å². The number of H-pyrrole nitrogens is 1. The molecule has 0 saturated carbocycles. The van der Waals surface area contributed by atoms with E-state index in [1.54, 1.807) is 24.3 Å². The fraction of sp³-hybridized carbons (Fsp3) is 0.0526. The normalized spacial score (nSPS) is 11.5. The van der Waals surface area contributed by atoms with Gasteiger partial charge in [-0.2, -0.15) is 8.42 Å². The van der Waals surface area contributed by atoms with Gasteiger partial charge in [0.25, 0.3) is 10.0 Å². The maximum atomic E-state index is 12.5. The number of anilines is 1. The molecular weight excluding hydrogens is 418 g/mol. The van der Waals surface area contributed by atoms with Crippen LogP contribution in [0, 0.1) is 0 Å². The van der Waals surface area contributed by atoms with E-state index in [0.29, 0.717) is 27.6 Å². The number of aromatic nitrogens is 2. The van der Waals surface area contributed by atoms with Crippen molar-refractivity contribution < 1.29 is 22.4 Å². The molecule has 4 rings (SSSR count). The van der Waals surface area contributed by atoms with Crippen LogP contribution < -0.4 is 4.72 Å². The number of imidazole rings is 1. The Balaban J connectivity index is 1.64. The van der Waals surface area contributed by atoms with E-state index >= 15 is 0 Å². The molecule has 2 aromatic carbocycles. The SMILES string of the molecule is COC(=O)c1ccc(S(=O)(=O)Nc2ccc3nc(-c4ccccc4Cl)[nH]c3c2)o1. The first-order chi connectivity index (χ1) is 13.9. The number of nitrogens with one attached hydrogen (secondary N) is 2. The number of rotatable bonds is 5. The zero-order valence-corrected chi connectivity index (χ0v) is 16.5. The number of hydrogen-bond acceptors (Lipinski definition) is 6. The predicted octanol–water partition coefficient (Wildman–Crippen LogP) is 4.06. The third kappa shape index (κ3) is 3.69. The summed E-state index contributed by atoms with van der Waals surface area (Å²) in [5.74, 6) is -0.405. The van der Waals surface area contributed by atoms with Gasteiger partial charge in [-0.1, -0.05) is 23.7 Å². The highest BCUT2D eigenvalue weighted by Gasteiger charge is 2.22. The summed E-state index contributed by atoms with van der Waals surface area (Å²) in [7, 11) is -2.86. The van der Waals surface area contributed by atoms with Crippen molar-refractivity contribution in [2.45, 2.75) is 5.09 Å². The van der Waals surface area contributed by atoms with Gasteiger partial charge in [-0.05, 0) is 42.5 Å². The second-order valence-electron chi connectivity index (χ2n) is 6.01. The van der Waals surface area contributed by atoms with Crippen LogP contribution in [-0.4, -0.2) is 31.5 Å². The highest BCUT2D eigenvalue weighted by molar-refractivity contribution is 7.92. The van der Waals surface area contributed by atoms with Gasteiger partial charge in [-0.15, -0.1) is 0 Å².